The summed E-state index contributed by atoms with van der Waals surface area (Å²) < 4.78 is 5.34. The van der Waals surface area contributed by atoms with Gasteiger partial charge in [-0.3, -0.25) is 4.79 Å². The summed E-state index contributed by atoms with van der Waals surface area (Å²) in [6.45, 7) is 0. The quantitative estimate of drug-likeness (QED) is 0.783. The molecule has 20 heavy (non-hydrogen) atoms. The first-order valence-electron chi connectivity index (χ1n) is 6.74. The lowest BCUT2D eigenvalue weighted by molar-refractivity contribution is -0.238. The maximum atomic E-state index is 11.4. The minimum Gasteiger partial charge on any atom is -0.508 e. The number of carbonyl (C=O) groups is 1. The van der Waals surface area contributed by atoms with E-state index in [1.165, 1.54) is 0 Å². The number of benzene rings is 1. The molecule has 3 atom stereocenters. The number of hydroxylamine groups is 2. The van der Waals surface area contributed by atoms with E-state index in [1.807, 2.05) is 12.1 Å². The van der Waals surface area contributed by atoms with Crippen LogP contribution in [0, 0.1) is 0 Å². The number of epoxide rings is 1. The molecule has 2 unspecified atom stereocenters. The van der Waals surface area contributed by atoms with Crippen molar-refractivity contribution < 1.29 is 24.6 Å². The van der Waals surface area contributed by atoms with E-state index in [1.54, 1.807) is 12.1 Å². The zero-order valence-corrected chi connectivity index (χ0v) is 10.9. The van der Waals surface area contributed by atoms with E-state index >= 15 is 0 Å². The van der Waals surface area contributed by atoms with Gasteiger partial charge in [-0.1, -0.05) is 12.1 Å². The maximum Gasteiger partial charge on any atom is 0.248 e. The molecule has 0 saturated carbocycles. The smallest absolute Gasteiger partial charge is 0.248 e. The van der Waals surface area contributed by atoms with Crippen molar-refractivity contribution in [1.82, 2.24) is 5.06 Å². The number of aliphatic hydroxyl groups is 1. The number of ether oxygens (including phenoxy) is 1. The molecule has 0 radical (unpaired) electrons. The summed E-state index contributed by atoms with van der Waals surface area (Å²) in [6, 6.07) is 7.02. The number of aliphatic hydroxyl groups excluding tert-OH is 1. The molecular weight excluding hydrogens is 262 g/mol. The second kappa shape index (κ2) is 5.40. The molecule has 6 heteroatoms. The van der Waals surface area contributed by atoms with Crippen molar-refractivity contribution in [3.63, 3.8) is 0 Å². The van der Waals surface area contributed by atoms with Gasteiger partial charge in [-0.2, -0.15) is 5.06 Å². The fourth-order valence-electron chi connectivity index (χ4n) is 2.28. The number of phenols is 1. The first kappa shape index (κ1) is 13.4. The normalized spacial score (nSPS) is 28.9. The molecule has 2 fully saturated rings. The number of hydrogen-bond donors (Lipinski definition) is 2. The first-order valence-corrected chi connectivity index (χ1v) is 6.74. The van der Waals surface area contributed by atoms with Crippen molar-refractivity contribution in [2.45, 2.75) is 44.3 Å². The highest BCUT2D eigenvalue weighted by molar-refractivity contribution is 5.77. The third-order valence-electron chi connectivity index (χ3n) is 3.54. The average Bonchev–Trinajstić information content (AvgIpc) is 3.12. The van der Waals surface area contributed by atoms with E-state index in [4.69, 9.17) is 9.57 Å². The van der Waals surface area contributed by atoms with Crippen molar-refractivity contribution in [3.05, 3.63) is 29.8 Å². The van der Waals surface area contributed by atoms with E-state index in [-0.39, 0.29) is 17.8 Å². The standard InChI is InChI=1S/C14H17NO5/c16-10-4-1-9(2-5-10)3-6-11-14(19-11)20-15-12(17)7-8-13(15)18/h1-2,4-5,11-12,14,16-17H,3,6-8H2/t11?,12?,14-/m0/s1. The van der Waals surface area contributed by atoms with Gasteiger partial charge in [0.15, 0.2) is 6.23 Å². The highest BCUT2D eigenvalue weighted by Gasteiger charge is 2.44. The number of phenolic OH excluding ortho intramolecular Hbond substituents is 1. The van der Waals surface area contributed by atoms with Crippen molar-refractivity contribution in [1.29, 1.82) is 0 Å². The lowest BCUT2D eigenvalue weighted by atomic mass is 10.1. The van der Waals surface area contributed by atoms with Gasteiger partial charge in [-0.25, -0.2) is 4.84 Å². The molecule has 2 saturated heterocycles. The molecule has 3 rings (SSSR count). The third kappa shape index (κ3) is 2.92. The van der Waals surface area contributed by atoms with Gasteiger partial charge >= 0.3 is 0 Å². The summed E-state index contributed by atoms with van der Waals surface area (Å²) in [5.74, 6) is 0.0458. The van der Waals surface area contributed by atoms with Crippen molar-refractivity contribution in [2.75, 3.05) is 0 Å². The molecule has 6 nitrogen and oxygen atoms in total. The fraction of sp³-hybridized carbons (Fsp3) is 0.500. The molecule has 108 valence electrons. The number of nitrogens with zero attached hydrogens (tertiary/aromatic N) is 1. The van der Waals surface area contributed by atoms with Gasteiger partial charge in [-0.05, 0) is 30.5 Å². The zero-order valence-electron chi connectivity index (χ0n) is 10.9. The van der Waals surface area contributed by atoms with Crippen LogP contribution in [0.2, 0.25) is 0 Å². The summed E-state index contributed by atoms with van der Waals surface area (Å²) in [7, 11) is 0. The second-order valence-corrected chi connectivity index (χ2v) is 5.09. The lowest BCUT2D eigenvalue weighted by Gasteiger charge is -2.17. The summed E-state index contributed by atoms with van der Waals surface area (Å²) in [6.07, 6.45) is 0.947. The van der Waals surface area contributed by atoms with E-state index in [0.29, 0.717) is 12.8 Å². The zero-order chi connectivity index (χ0) is 14.1. The molecule has 2 aliphatic rings. The minimum absolute atomic E-state index is 0.0515. The number of rotatable bonds is 5. The van der Waals surface area contributed by atoms with Crippen LogP contribution in [-0.2, 0) is 20.8 Å². The van der Waals surface area contributed by atoms with Crippen LogP contribution in [0.5, 0.6) is 5.75 Å². The molecule has 2 heterocycles. The maximum absolute atomic E-state index is 11.4. The number of carbonyl (C=O) groups excluding carboxylic acids is 1. The molecule has 0 bridgehead atoms. The van der Waals surface area contributed by atoms with Crippen molar-refractivity contribution >= 4 is 5.91 Å². The van der Waals surface area contributed by atoms with Crippen molar-refractivity contribution in [2.24, 2.45) is 0 Å². The summed E-state index contributed by atoms with van der Waals surface area (Å²) in [5, 5.41) is 19.8. The van der Waals surface area contributed by atoms with Gasteiger partial charge in [0.2, 0.25) is 12.2 Å². The van der Waals surface area contributed by atoms with Crippen LogP contribution in [-0.4, -0.2) is 39.8 Å². The predicted molar refractivity (Wildman–Crippen MR) is 68.3 cm³/mol. The molecule has 1 aromatic rings. The Balaban J connectivity index is 1.43. The van der Waals surface area contributed by atoms with Crippen LogP contribution in [0.15, 0.2) is 24.3 Å². The van der Waals surface area contributed by atoms with Gasteiger partial charge in [0.05, 0.1) is 0 Å². The Morgan fingerprint density at radius 2 is 2.10 bits per heavy atom. The molecule has 0 aliphatic carbocycles. The Morgan fingerprint density at radius 1 is 1.35 bits per heavy atom. The molecule has 2 aliphatic heterocycles. The van der Waals surface area contributed by atoms with Crippen LogP contribution < -0.4 is 0 Å². The monoisotopic (exact) mass is 279 g/mol. The molecule has 2 N–H and O–H groups in total. The van der Waals surface area contributed by atoms with E-state index in [0.717, 1.165) is 23.5 Å². The van der Waals surface area contributed by atoms with Crippen LogP contribution in [0.25, 0.3) is 0 Å². The van der Waals surface area contributed by atoms with Gasteiger partial charge in [0, 0.05) is 12.8 Å². The van der Waals surface area contributed by atoms with Crippen molar-refractivity contribution in [3.8, 4) is 5.75 Å². The summed E-state index contributed by atoms with van der Waals surface area (Å²) >= 11 is 0. The first-order chi connectivity index (χ1) is 9.63. The van der Waals surface area contributed by atoms with E-state index < -0.39 is 12.5 Å². The van der Waals surface area contributed by atoms with Gasteiger partial charge < -0.3 is 14.9 Å². The Hall–Kier alpha value is -1.63. The van der Waals surface area contributed by atoms with Gasteiger partial charge in [-0.15, -0.1) is 0 Å². The predicted octanol–water partition coefficient (Wildman–Crippen LogP) is 0.922. The summed E-state index contributed by atoms with van der Waals surface area (Å²) in [5.41, 5.74) is 1.11. The Morgan fingerprint density at radius 3 is 2.75 bits per heavy atom. The Labute approximate surface area is 116 Å². The molecule has 1 amide bonds. The Bertz CT molecular complexity index is 489. The largest absolute Gasteiger partial charge is 0.508 e. The molecule has 1 aromatic carbocycles. The average molecular weight is 279 g/mol. The highest BCUT2D eigenvalue weighted by Crippen LogP contribution is 2.31. The van der Waals surface area contributed by atoms with Crippen LogP contribution in [0.1, 0.15) is 24.8 Å². The van der Waals surface area contributed by atoms with Crippen LogP contribution in [0.3, 0.4) is 0 Å². The SMILES string of the molecule is O=C1CCC(O)N1O[C@@H]1OC1CCc1ccc(O)cc1. The van der Waals surface area contributed by atoms with E-state index in [2.05, 4.69) is 0 Å². The lowest BCUT2D eigenvalue weighted by Crippen LogP contribution is -2.34. The van der Waals surface area contributed by atoms with Gasteiger partial charge in [0.25, 0.3) is 0 Å². The molecule has 0 spiro atoms. The highest BCUT2D eigenvalue weighted by atomic mass is 16.9. The molecule has 0 aromatic heterocycles. The van der Waals surface area contributed by atoms with Gasteiger partial charge in [0.1, 0.15) is 11.9 Å². The summed E-state index contributed by atoms with van der Waals surface area (Å²) in [4.78, 5) is 16.8. The number of amides is 1. The number of aryl methyl sites for hydroxylation is 1. The second-order valence-electron chi connectivity index (χ2n) is 5.09. The number of hydrogen-bond acceptors (Lipinski definition) is 5. The van der Waals surface area contributed by atoms with E-state index in [9.17, 15) is 15.0 Å². The number of aromatic hydroxyl groups is 1. The fourth-order valence-corrected chi connectivity index (χ4v) is 2.28. The molecular formula is C14H17NO5. The topological polar surface area (TPSA) is 82.5 Å². The van der Waals surface area contributed by atoms with Crippen LogP contribution >= 0.6 is 0 Å². The third-order valence-corrected chi connectivity index (χ3v) is 3.54. The van der Waals surface area contributed by atoms with Crippen LogP contribution in [0.4, 0.5) is 0 Å². The Kier molecular flexibility index (Phi) is 3.60. The minimum atomic E-state index is -0.857.